The first-order valence-electron chi connectivity index (χ1n) is 9.74. The lowest BCUT2D eigenvalue weighted by Crippen LogP contribution is -2.37. The summed E-state index contributed by atoms with van der Waals surface area (Å²) in [4.78, 5) is 16.6. The molecule has 2 aromatic carbocycles. The van der Waals surface area contributed by atoms with E-state index >= 15 is 0 Å². The zero-order chi connectivity index (χ0) is 20.7. The highest BCUT2D eigenvalue weighted by Crippen LogP contribution is 2.38. The normalized spacial score (nSPS) is 15.3. The Kier molecular flexibility index (Phi) is 4.85. The topological polar surface area (TPSA) is 37.3 Å². The summed E-state index contributed by atoms with van der Waals surface area (Å²) in [6.07, 6.45) is 2.06. The minimum absolute atomic E-state index is 0.177. The first-order chi connectivity index (χ1) is 14.6. The number of hydrogen-bond acceptors (Lipinski definition) is 2. The highest BCUT2D eigenvalue weighted by Gasteiger charge is 2.33. The Morgan fingerprint density at radius 3 is 2.77 bits per heavy atom. The number of fused-ring (bicyclic) bond motifs is 3. The zero-order valence-corrected chi connectivity index (χ0v) is 18.0. The summed E-state index contributed by atoms with van der Waals surface area (Å²) >= 11 is 8.05. The molecule has 150 valence electrons. The number of hydrogen-bond donors (Lipinski definition) is 1. The molecule has 0 aliphatic carbocycles. The van der Waals surface area contributed by atoms with E-state index in [1.165, 1.54) is 0 Å². The van der Waals surface area contributed by atoms with E-state index in [4.69, 9.17) is 11.6 Å². The number of thiophene rings is 1. The van der Waals surface area contributed by atoms with Gasteiger partial charge in [-0.1, -0.05) is 41.9 Å². The van der Waals surface area contributed by atoms with E-state index < -0.39 is 0 Å². The molecule has 1 aliphatic heterocycles. The maximum atomic E-state index is 13.6. The van der Waals surface area contributed by atoms with Gasteiger partial charge in [-0.2, -0.15) is 0 Å². The summed E-state index contributed by atoms with van der Waals surface area (Å²) in [7, 11) is 0. The first kappa shape index (κ1) is 19.0. The SMILES string of the molecule is Cc1ccc(NC(=O)N2Cc3ccccc3-n3cccc3C2c2cccs2)c(Cl)c1. The minimum Gasteiger partial charge on any atom is -0.318 e. The molecule has 0 fully saturated rings. The highest BCUT2D eigenvalue weighted by molar-refractivity contribution is 7.10. The van der Waals surface area contributed by atoms with Crippen molar-refractivity contribution < 1.29 is 4.79 Å². The molecule has 5 rings (SSSR count). The van der Waals surface area contributed by atoms with Gasteiger partial charge in [-0.15, -0.1) is 11.3 Å². The van der Waals surface area contributed by atoms with Gasteiger partial charge in [-0.3, -0.25) is 0 Å². The lowest BCUT2D eigenvalue weighted by Gasteiger charge is -2.30. The van der Waals surface area contributed by atoms with Crippen molar-refractivity contribution in [3.8, 4) is 5.69 Å². The van der Waals surface area contributed by atoms with Crippen LogP contribution in [0.2, 0.25) is 5.02 Å². The molecule has 1 N–H and O–H groups in total. The lowest BCUT2D eigenvalue weighted by atomic mass is 10.1. The van der Waals surface area contributed by atoms with Crippen molar-refractivity contribution >= 4 is 34.7 Å². The first-order valence-corrected chi connectivity index (χ1v) is 11.0. The molecule has 2 amide bonds. The van der Waals surface area contributed by atoms with E-state index in [1.54, 1.807) is 11.3 Å². The number of rotatable bonds is 2. The van der Waals surface area contributed by atoms with Crippen LogP contribution in [0, 0.1) is 6.92 Å². The van der Waals surface area contributed by atoms with Crippen LogP contribution in [0.5, 0.6) is 0 Å². The van der Waals surface area contributed by atoms with Gasteiger partial charge in [0.2, 0.25) is 0 Å². The largest absolute Gasteiger partial charge is 0.323 e. The number of nitrogens with one attached hydrogen (secondary N) is 1. The number of urea groups is 1. The van der Waals surface area contributed by atoms with Crippen LogP contribution < -0.4 is 5.32 Å². The second-order valence-corrected chi connectivity index (χ2v) is 8.78. The standard InChI is InChI=1S/C24H20ClN3OS/c1-16-10-11-19(18(25)14-16)26-24(29)28-15-17-6-2-3-7-20(17)27-12-4-8-21(27)23(28)22-9-5-13-30-22/h2-14,23H,15H2,1H3,(H,26,29). The highest BCUT2D eigenvalue weighted by atomic mass is 35.5. The van der Waals surface area contributed by atoms with Crippen LogP contribution >= 0.6 is 22.9 Å². The third kappa shape index (κ3) is 3.30. The second kappa shape index (κ2) is 7.67. The molecule has 2 aromatic heterocycles. The molecule has 1 aliphatic rings. The molecule has 3 heterocycles. The number of aryl methyl sites for hydroxylation is 1. The fourth-order valence-electron chi connectivity index (χ4n) is 3.99. The molecule has 1 unspecified atom stereocenters. The summed E-state index contributed by atoms with van der Waals surface area (Å²) in [6, 6.07) is 21.7. The van der Waals surface area contributed by atoms with E-state index in [9.17, 15) is 4.79 Å². The Hall–Kier alpha value is -3.02. The number of anilines is 1. The average Bonchev–Trinajstić information content (AvgIpc) is 3.41. The maximum Gasteiger partial charge on any atom is 0.323 e. The predicted octanol–water partition coefficient (Wildman–Crippen LogP) is 6.64. The molecule has 4 aromatic rings. The Labute approximate surface area is 184 Å². The number of para-hydroxylation sites is 1. The number of aromatic nitrogens is 1. The average molecular weight is 434 g/mol. The number of halogens is 1. The Bertz CT molecular complexity index is 1210. The second-order valence-electron chi connectivity index (χ2n) is 7.39. The minimum atomic E-state index is -0.198. The van der Waals surface area contributed by atoms with Crippen LogP contribution in [0.15, 0.2) is 78.3 Å². The van der Waals surface area contributed by atoms with Crippen LogP contribution in [0.1, 0.15) is 27.7 Å². The molecule has 0 spiro atoms. The van der Waals surface area contributed by atoms with Gasteiger partial charge in [-0.25, -0.2) is 4.79 Å². The van der Waals surface area contributed by atoms with Gasteiger partial charge < -0.3 is 14.8 Å². The Morgan fingerprint density at radius 2 is 1.97 bits per heavy atom. The number of benzene rings is 2. The monoisotopic (exact) mass is 433 g/mol. The van der Waals surface area contributed by atoms with Crippen molar-refractivity contribution in [3.63, 3.8) is 0 Å². The molecule has 4 nitrogen and oxygen atoms in total. The maximum absolute atomic E-state index is 13.6. The fourth-order valence-corrected chi connectivity index (χ4v) is 5.12. The van der Waals surface area contributed by atoms with Gasteiger partial charge in [0.1, 0.15) is 6.04 Å². The summed E-state index contributed by atoms with van der Waals surface area (Å²) < 4.78 is 2.19. The number of carbonyl (C=O) groups is 1. The molecule has 0 bridgehead atoms. The van der Waals surface area contributed by atoms with Crippen molar-refractivity contribution in [1.82, 2.24) is 9.47 Å². The number of amides is 2. The molecule has 0 saturated carbocycles. The van der Waals surface area contributed by atoms with Gasteiger partial charge in [0.05, 0.1) is 28.6 Å². The van der Waals surface area contributed by atoms with Crippen molar-refractivity contribution in [2.75, 3.05) is 5.32 Å². The van der Waals surface area contributed by atoms with E-state index in [0.717, 1.165) is 27.4 Å². The molecule has 0 saturated heterocycles. The molecule has 6 heteroatoms. The fraction of sp³-hybridized carbons (Fsp3) is 0.125. The lowest BCUT2D eigenvalue weighted by molar-refractivity contribution is 0.195. The van der Waals surface area contributed by atoms with Gasteiger partial charge in [0, 0.05) is 11.1 Å². The van der Waals surface area contributed by atoms with Crippen molar-refractivity contribution in [1.29, 1.82) is 0 Å². The van der Waals surface area contributed by atoms with Crippen LogP contribution in [-0.4, -0.2) is 15.5 Å². The van der Waals surface area contributed by atoms with Gasteiger partial charge in [0.15, 0.2) is 0 Å². The van der Waals surface area contributed by atoms with Gasteiger partial charge >= 0.3 is 6.03 Å². The van der Waals surface area contributed by atoms with Gasteiger partial charge in [0.25, 0.3) is 0 Å². The van der Waals surface area contributed by atoms with Crippen LogP contribution in [0.3, 0.4) is 0 Å². The Morgan fingerprint density at radius 1 is 1.10 bits per heavy atom. The third-order valence-electron chi connectivity index (χ3n) is 5.40. The summed E-state index contributed by atoms with van der Waals surface area (Å²) in [5, 5.41) is 5.62. The van der Waals surface area contributed by atoms with Crippen molar-refractivity contribution in [2.24, 2.45) is 0 Å². The summed E-state index contributed by atoms with van der Waals surface area (Å²) in [5.74, 6) is 0. The summed E-state index contributed by atoms with van der Waals surface area (Å²) in [6.45, 7) is 2.47. The van der Waals surface area contributed by atoms with E-state index in [2.05, 4.69) is 40.3 Å². The quantitative estimate of drug-likeness (QED) is 0.378. The molecule has 0 radical (unpaired) electrons. The van der Waals surface area contributed by atoms with E-state index in [0.29, 0.717) is 17.3 Å². The van der Waals surface area contributed by atoms with Crippen LogP contribution in [-0.2, 0) is 6.54 Å². The third-order valence-corrected chi connectivity index (χ3v) is 6.64. The van der Waals surface area contributed by atoms with Crippen molar-refractivity contribution in [2.45, 2.75) is 19.5 Å². The molecule has 1 atom stereocenters. The molecule has 30 heavy (non-hydrogen) atoms. The zero-order valence-electron chi connectivity index (χ0n) is 16.4. The number of nitrogens with zero attached hydrogens (tertiary/aromatic N) is 2. The van der Waals surface area contributed by atoms with Crippen molar-refractivity contribution in [3.05, 3.63) is 105 Å². The smallest absolute Gasteiger partial charge is 0.318 e. The molecular formula is C24H20ClN3OS. The number of carbonyl (C=O) groups excluding carboxylic acids is 1. The van der Waals surface area contributed by atoms with E-state index in [1.807, 2.05) is 59.7 Å². The van der Waals surface area contributed by atoms with Crippen LogP contribution in [0.4, 0.5) is 10.5 Å². The van der Waals surface area contributed by atoms with Crippen LogP contribution in [0.25, 0.3) is 5.69 Å². The Balaban J connectivity index is 1.61. The van der Waals surface area contributed by atoms with E-state index in [-0.39, 0.29) is 12.1 Å². The molecular weight excluding hydrogens is 414 g/mol. The predicted molar refractivity (Wildman–Crippen MR) is 123 cm³/mol. The summed E-state index contributed by atoms with van der Waals surface area (Å²) in [5.41, 5.74) is 4.93. The van der Waals surface area contributed by atoms with Gasteiger partial charge in [-0.05, 0) is 59.8 Å².